The first kappa shape index (κ1) is 17.5. The minimum Gasteiger partial charge on any atom is -0.327 e. The van der Waals surface area contributed by atoms with E-state index in [1.54, 1.807) is 11.5 Å². The smallest absolute Gasteiger partial charge is 0.261 e. The highest BCUT2D eigenvalue weighted by Gasteiger charge is 2.15. The summed E-state index contributed by atoms with van der Waals surface area (Å²) < 4.78 is 1.80. The van der Waals surface area contributed by atoms with Crippen LogP contribution < -0.4 is 10.1 Å². The maximum atomic E-state index is 12.0. The van der Waals surface area contributed by atoms with E-state index in [1.807, 2.05) is 49.8 Å². The number of benzene rings is 1. The molecule has 0 aliphatic heterocycles. The van der Waals surface area contributed by atoms with Crippen LogP contribution in [0, 0.1) is 6.92 Å². The van der Waals surface area contributed by atoms with Gasteiger partial charge in [-0.15, -0.1) is 23.1 Å². The summed E-state index contributed by atoms with van der Waals surface area (Å²) >= 11 is 2.69. The van der Waals surface area contributed by atoms with E-state index < -0.39 is 0 Å². The van der Waals surface area contributed by atoms with E-state index in [-0.39, 0.29) is 22.8 Å². The van der Waals surface area contributed by atoms with Gasteiger partial charge < -0.3 is 9.88 Å². The Labute approximate surface area is 143 Å². The second-order valence-electron chi connectivity index (χ2n) is 5.11. The molecule has 2 rings (SSSR count). The number of aryl methyl sites for hydroxylation is 2. The molecule has 0 fully saturated rings. The second-order valence-corrected chi connectivity index (χ2v) is 7.32. The normalized spacial score (nSPS) is 12.9. The molecule has 0 saturated carbocycles. The number of nitrogens with one attached hydrogen (secondary N) is 1. The van der Waals surface area contributed by atoms with E-state index in [4.69, 9.17) is 0 Å². The average molecular weight is 349 g/mol. The summed E-state index contributed by atoms with van der Waals surface area (Å²) in [6.45, 7) is 3.76. The van der Waals surface area contributed by atoms with Gasteiger partial charge in [-0.2, -0.15) is 4.99 Å². The minimum atomic E-state index is -0.360. The lowest BCUT2D eigenvalue weighted by molar-refractivity contribution is -0.117. The number of hydrogen-bond donors (Lipinski definition) is 1. The highest BCUT2D eigenvalue weighted by atomic mass is 32.2. The number of anilines is 1. The molecule has 0 bridgehead atoms. The zero-order valence-corrected chi connectivity index (χ0v) is 14.9. The van der Waals surface area contributed by atoms with Crippen LogP contribution in [0.1, 0.15) is 12.5 Å². The Morgan fingerprint density at radius 3 is 2.65 bits per heavy atom. The van der Waals surface area contributed by atoms with Crippen LogP contribution in [0.4, 0.5) is 5.69 Å². The SMILES string of the molecule is Cc1ccc(NC(=O)CSC(C)C(=O)N=c2sccn2C)cc1. The summed E-state index contributed by atoms with van der Waals surface area (Å²) in [6.07, 6.45) is 1.85. The second kappa shape index (κ2) is 8.12. The Bertz CT molecular complexity index is 747. The van der Waals surface area contributed by atoms with Gasteiger partial charge in [0.05, 0.1) is 11.0 Å². The number of thioether (sulfide) groups is 1. The molecule has 122 valence electrons. The Morgan fingerprint density at radius 2 is 2.04 bits per heavy atom. The molecular weight excluding hydrogens is 330 g/mol. The Balaban J connectivity index is 1.85. The van der Waals surface area contributed by atoms with Crippen molar-refractivity contribution < 1.29 is 9.59 Å². The Morgan fingerprint density at radius 1 is 1.35 bits per heavy atom. The first-order chi connectivity index (χ1) is 11.0. The minimum absolute atomic E-state index is 0.125. The highest BCUT2D eigenvalue weighted by Crippen LogP contribution is 2.14. The number of nitrogens with zero attached hydrogens (tertiary/aromatic N) is 2. The highest BCUT2D eigenvalue weighted by molar-refractivity contribution is 8.01. The van der Waals surface area contributed by atoms with Gasteiger partial charge in [0.25, 0.3) is 5.91 Å². The summed E-state index contributed by atoms with van der Waals surface area (Å²) in [4.78, 5) is 28.7. The molecule has 23 heavy (non-hydrogen) atoms. The molecule has 1 heterocycles. The van der Waals surface area contributed by atoms with Gasteiger partial charge in [0.2, 0.25) is 5.91 Å². The van der Waals surface area contributed by atoms with Gasteiger partial charge in [-0.25, -0.2) is 0 Å². The molecule has 2 amide bonds. The van der Waals surface area contributed by atoms with E-state index in [0.717, 1.165) is 11.3 Å². The zero-order valence-electron chi connectivity index (χ0n) is 13.3. The zero-order chi connectivity index (χ0) is 16.8. The number of aromatic nitrogens is 1. The summed E-state index contributed by atoms with van der Waals surface area (Å²) in [5.41, 5.74) is 1.90. The topological polar surface area (TPSA) is 63.5 Å². The summed E-state index contributed by atoms with van der Waals surface area (Å²) in [5.74, 6) is -0.135. The maximum absolute atomic E-state index is 12.0. The molecule has 7 heteroatoms. The molecule has 1 N–H and O–H groups in total. The number of amides is 2. The number of hydrogen-bond acceptors (Lipinski definition) is 4. The van der Waals surface area contributed by atoms with Crippen LogP contribution >= 0.6 is 23.1 Å². The van der Waals surface area contributed by atoms with E-state index in [2.05, 4.69) is 10.3 Å². The van der Waals surface area contributed by atoms with Crippen molar-refractivity contribution in [2.24, 2.45) is 12.0 Å². The molecule has 0 aliphatic rings. The molecule has 0 spiro atoms. The number of carbonyl (C=O) groups is 2. The summed E-state index contributed by atoms with van der Waals surface area (Å²) in [7, 11) is 1.84. The average Bonchev–Trinajstić information content (AvgIpc) is 2.92. The van der Waals surface area contributed by atoms with E-state index in [0.29, 0.717) is 4.80 Å². The molecule has 5 nitrogen and oxygen atoms in total. The monoisotopic (exact) mass is 349 g/mol. The van der Waals surface area contributed by atoms with Crippen LogP contribution in [0.2, 0.25) is 0 Å². The van der Waals surface area contributed by atoms with Crippen molar-refractivity contribution in [1.29, 1.82) is 0 Å². The van der Waals surface area contributed by atoms with Crippen molar-refractivity contribution in [3.05, 3.63) is 46.2 Å². The standard InChI is InChI=1S/C16H19N3O2S2/c1-11-4-6-13(7-5-11)17-14(20)10-23-12(2)15(21)18-16-19(3)8-9-22-16/h4-9,12H,10H2,1-3H3,(H,17,20). The van der Waals surface area contributed by atoms with Crippen molar-refractivity contribution in [2.45, 2.75) is 19.1 Å². The van der Waals surface area contributed by atoms with Gasteiger partial charge in [0.1, 0.15) is 0 Å². The van der Waals surface area contributed by atoms with Gasteiger partial charge in [0.15, 0.2) is 4.80 Å². The first-order valence-electron chi connectivity index (χ1n) is 7.12. The molecule has 0 saturated heterocycles. The summed E-state index contributed by atoms with van der Waals surface area (Å²) in [5, 5.41) is 4.33. The number of rotatable bonds is 5. The largest absolute Gasteiger partial charge is 0.327 e. The van der Waals surface area contributed by atoms with Crippen molar-refractivity contribution in [3.8, 4) is 0 Å². The van der Waals surface area contributed by atoms with E-state index in [9.17, 15) is 9.59 Å². The number of thiazole rings is 1. The van der Waals surface area contributed by atoms with Gasteiger partial charge in [0, 0.05) is 24.3 Å². The van der Waals surface area contributed by atoms with Crippen LogP contribution in [0.25, 0.3) is 0 Å². The molecule has 0 aliphatic carbocycles. The van der Waals surface area contributed by atoms with E-state index >= 15 is 0 Å². The number of carbonyl (C=O) groups excluding carboxylic acids is 2. The lowest BCUT2D eigenvalue weighted by Crippen LogP contribution is -2.21. The quantitative estimate of drug-likeness (QED) is 0.902. The molecule has 1 aromatic carbocycles. The fourth-order valence-corrected chi connectivity index (χ4v) is 3.13. The van der Waals surface area contributed by atoms with Gasteiger partial charge in [-0.05, 0) is 26.0 Å². The lowest BCUT2D eigenvalue weighted by atomic mass is 10.2. The van der Waals surface area contributed by atoms with Crippen molar-refractivity contribution >= 4 is 40.6 Å². The van der Waals surface area contributed by atoms with Crippen LogP contribution in [0.3, 0.4) is 0 Å². The molecule has 0 radical (unpaired) electrons. The van der Waals surface area contributed by atoms with Crippen molar-refractivity contribution in [1.82, 2.24) is 4.57 Å². The molecule has 1 atom stereocenters. The van der Waals surface area contributed by atoms with Crippen LogP contribution in [0.15, 0.2) is 40.8 Å². The van der Waals surface area contributed by atoms with Crippen LogP contribution in [-0.2, 0) is 16.6 Å². The van der Waals surface area contributed by atoms with Gasteiger partial charge in [-0.1, -0.05) is 17.7 Å². The predicted molar refractivity (Wildman–Crippen MR) is 95.6 cm³/mol. The van der Waals surface area contributed by atoms with Crippen LogP contribution in [-0.4, -0.2) is 27.4 Å². The van der Waals surface area contributed by atoms with Crippen LogP contribution in [0.5, 0.6) is 0 Å². The predicted octanol–water partition coefficient (Wildman–Crippen LogP) is 2.58. The molecule has 2 aromatic rings. The lowest BCUT2D eigenvalue weighted by Gasteiger charge is -2.08. The molecular formula is C16H19N3O2S2. The first-order valence-corrected chi connectivity index (χ1v) is 9.05. The summed E-state index contributed by atoms with van der Waals surface area (Å²) in [6, 6.07) is 7.60. The fraction of sp³-hybridized carbons (Fsp3) is 0.312. The van der Waals surface area contributed by atoms with Gasteiger partial charge in [-0.3, -0.25) is 9.59 Å². The van der Waals surface area contributed by atoms with Crippen molar-refractivity contribution in [2.75, 3.05) is 11.1 Å². The Hall–Kier alpha value is -1.86. The third-order valence-electron chi connectivity index (χ3n) is 3.11. The third-order valence-corrected chi connectivity index (χ3v) is 5.09. The van der Waals surface area contributed by atoms with Crippen molar-refractivity contribution in [3.63, 3.8) is 0 Å². The molecule has 1 unspecified atom stereocenters. The molecule has 1 aromatic heterocycles. The van der Waals surface area contributed by atoms with Gasteiger partial charge >= 0.3 is 0 Å². The Kier molecular flexibility index (Phi) is 6.18. The maximum Gasteiger partial charge on any atom is 0.261 e. The fourth-order valence-electron chi connectivity index (χ4n) is 1.73. The van der Waals surface area contributed by atoms with E-state index in [1.165, 1.54) is 23.1 Å². The third kappa shape index (κ3) is 5.37.